The molecule has 6 nitrogen and oxygen atoms in total. The van der Waals surface area contributed by atoms with E-state index in [4.69, 9.17) is 4.74 Å². The number of carbonyl (C=O) groups excluding carboxylic acids is 1. The number of aryl methyl sites for hydroxylation is 2. The van der Waals surface area contributed by atoms with Crippen LogP contribution in [0.4, 0.5) is 16.2 Å². The number of amides is 1. The van der Waals surface area contributed by atoms with Crippen LogP contribution in [0, 0.1) is 0 Å². The van der Waals surface area contributed by atoms with Crippen LogP contribution < -0.4 is 9.21 Å². The third kappa shape index (κ3) is 3.24. The van der Waals surface area contributed by atoms with Crippen LogP contribution in [0.25, 0.3) is 0 Å². The number of fused-ring (bicyclic) bond motifs is 2. The highest BCUT2D eigenvalue weighted by Crippen LogP contribution is 2.35. The Labute approximate surface area is 165 Å². The quantitative estimate of drug-likeness (QED) is 0.787. The van der Waals surface area contributed by atoms with Gasteiger partial charge in [0.25, 0.3) is 10.0 Å². The van der Waals surface area contributed by atoms with E-state index in [0.717, 1.165) is 48.2 Å². The number of sulfonamides is 1. The van der Waals surface area contributed by atoms with Gasteiger partial charge in [0.2, 0.25) is 0 Å². The molecule has 0 spiro atoms. The molecule has 0 N–H and O–H groups in total. The van der Waals surface area contributed by atoms with Crippen molar-refractivity contribution in [3.63, 3.8) is 0 Å². The second-order valence-electron chi connectivity index (χ2n) is 7.05. The summed E-state index contributed by atoms with van der Waals surface area (Å²) in [4.78, 5) is 14.1. The lowest BCUT2D eigenvalue weighted by Crippen LogP contribution is -2.37. The van der Waals surface area contributed by atoms with Gasteiger partial charge in [-0.3, -0.25) is 9.21 Å². The second-order valence-corrected chi connectivity index (χ2v) is 8.92. The van der Waals surface area contributed by atoms with E-state index in [2.05, 4.69) is 0 Å². The summed E-state index contributed by atoms with van der Waals surface area (Å²) < 4.78 is 33.4. The van der Waals surface area contributed by atoms with Crippen molar-refractivity contribution < 1.29 is 17.9 Å². The molecule has 7 heteroatoms. The van der Waals surface area contributed by atoms with Crippen molar-refractivity contribution in [2.75, 3.05) is 28.9 Å². The Kier molecular flexibility index (Phi) is 5.02. The maximum atomic E-state index is 13.4. The Morgan fingerprint density at radius 1 is 1.00 bits per heavy atom. The van der Waals surface area contributed by atoms with Gasteiger partial charge < -0.3 is 4.74 Å². The molecule has 2 aliphatic rings. The Morgan fingerprint density at radius 2 is 1.75 bits per heavy atom. The predicted octanol–water partition coefficient (Wildman–Crippen LogP) is 3.74. The van der Waals surface area contributed by atoms with Gasteiger partial charge in [0.05, 0.1) is 22.9 Å². The fourth-order valence-corrected chi connectivity index (χ4v) is 5.59. The Balaban J connectivity index is 1.70. The van der Waals surface area contributed by atoms with E-state index in [1.54, 1.807) is 30.0 Å². The first kappa shape index (κ1) is 18.8. The highest BCUT2D eigenvalue weighted by Gasteiger charge is 2.31. The van der Waals surface area contributed by atoms with Crippen molar-refractivity contribution >= 4 is 27.5 Å². The first-order chi connectivity index (χ1) is 13.5. The van der Waals surface area contributed by atoms with Gasteiger partial charge in [-0.05, 0) is 68.0 Å². The number of anilines is 2. The topological polar surface area (TPSA) is 66.9 Å². The standard InChI is InChI=1S/C21H24N2O4S/c1-2-27-21(24)22-13-5-9-17-15-18(11-12-19(17)22)28(25,26)23-14-6-8-16-7-3-4-10-20(16)23/h3-4,7,10-12,15H,2,5-6,8-9,13-14H2,1H3. The van der Waals surface area contributed by atoms with Crippen LogP contribution in [0.5, 0.6) is 0 Å². The van der Waals surface area contributed by atoms with Crippen LogP contribution in [-0.2, 0) is 27.6 Å². The largest absolute Gasteiger partial charge is 0.449 e. The van der Waals surface area contributed by atoms with Crippen molar-refractivity contribution in [3.05, 3.63) is 53.6 Å². The summed E-state index contributed by atoms with van der Waals surface area (Å²) in [6.07, 6.45) is 2.83. The van der Waals surface area contributed by atoms with E-state index in [0.29, 0.717) is 19.7 Å². The number of ether oxygens (including phenoxy) is 1. The molecule has 0 saturated carbocycles. The fourth-order valence-electron chi connectivity index (χ4n) is 4.00. The second kappa shape index (κ2) is 7.47. The lowest BCUT2D eigenvalue weighted by Gasteiger charge is -2.32. The van der Waals surface area contributed by atoms with Gasteiger partial charge in [0.1, 0.15) is 0 Å². The number of benzene rings is 2. The lowest BCUT2D eigenvalue weighted by atomic mass is 10.0. The minimum absolute atomic E-state index is 0.272. The smallest absolute Gasteiger partial charge is 0.414 e. The predicted molar refractivity (Wildman–Crippen MR) is 108 cm³/mol. The van der Waals surface area contributed by atoms with E-state index < -0.39 is 10.0 Å². The van der Waals surface area contributed by atoms with E-state index in [1.807, 2.05) is 24.3 Å². The van der Waals surface area contributed by atoms with Gasteiger partial charge in [-0.1, -0.05) is 18.2 Å². The zero-order chi connectivity index (χ0) is 19.7. The van der Waals surface area contributed by atoms with Gasteiger partial charge in [0.15, 0.2) is 0 Å². The zero-order valence-corrected chi connectivity index (χ0v) is 16.7. The molecule has 0 fully saturated rings. The number of rotatable bonds is 3. The number of hydrogen-bond donors (Lipinski definition) is 0. The normalized spacial score (nSPS) is 16.3. The number of para-hydroxylation sites is 1. The van der Waals surface area contributed by atoms with Gasteiger partial charge in [-0.25, -0.2) is 13.2 Å². The molecule has 0 atom stereocenters. The van der Waals surface area contributed by atoms with Crippen molar-refractivity contribution in [3.8, 4) is 0 Å². The first-order valence-corrected chi connectivity index (χ1v) is 11.1. The van der Waals surface area contributed by atoms with Crippen LogP contribution in [0.2, 0.25) is 0 Å². The van der Waals surface area contributed by atoms with Crippen molar-refractivity contribution in [2.45, 2.75) is 37.5 Å². The molecule has 2 aromatic rings. The third-order valence-corrected chi connectivity index (χ3v) is 7.12. The molecular formula is C21H24N2O4S. The van der Waals surface area contributed by atoms with Crippen molar-refractivity contribution in [2.24, 2.45) is 0 Å². The molecule has 2 aromatic carbocycles. The van der Waals surface area contributed by atoms with E-state index in [1.165, 1.54) is 4.31 Å². The summed E-state index contributed by atoms with van der Waals surface area (Å²) in [6.45, 7) is 3.14. The van der Waals surface area contributed by atoms with E-state index in [-0.39, 0.29) is 11.0 Å². The van der Waals surface area contributed by atoms with Crippen LogP contribution >= 0.6 is 0 Å². The minimum atomic E-state index is -3.66. The van der Waals surface area contributed by atoms with Crippen LogP contribution in [0.15, 0.2) is 47.4 Å². The zero-order valence-electron chi connectivity index (χ0n) is 15.9. The molecule has 0 saturated heterocycles. The Hall–Kier alpha value is -2.54. The fraction of sp³-hybridized carbons (Fsp3) is 0.381. The molecule has 28 heavy (non-hydrogen) atoms. The molecule has 4 rings (SSSR count). The van der Waals surface area contributed by atoms with Crippen LogP contribution in [0.3, 0.4) is 0 Å². The molecule has 1 amide bonds. The summed E-state index contributed by atoms with van der Waals surface area (Å²) in [6, 6.07) is 12.7. The van der Waals surface area contributed by atoms with Crippen molar-refractivity contribution in [1.29, 1.82) is 0 Å². The summed E-state index contributed by atoms with van der Waals surface area (Å²) in [5.74, 6) is 0. The van der Waals surface area contributed by atoms with Gasteiger partial charge in [-0.15, -0.1) is 0 Å². The molecular weight excluding hydrogens is 376 g/mol. The van der Waals surface area contributed by atoms with Gasteiger partial charge >= 0.3 is 6.09 Å². The summed E-state index contributed by atoms with van der Waals surface area (Å²) in [5, 5.41) is 0. The molecule has 0 bridgehead atoms. The molecule has 2 aliphatic heterocycles. The molecule has 0 aliphatic carbocycles. The summed E-state index contributed by atoms with van der Waals surface area (Å²) >= 11 is 0. The monoisotopic (exact) mass is 400 g/mol. The van der Waals surface area contributed by atoms with Crippen LogP contribution in [-0.4, -0.2) is 34.2 Å². The highest BCUT2D eigenvalue weighted by molar-refractivity contribution is 7.92. The number of carbonyl (C=O) groups is 1. The summed E-state index contributed by atoms with van der Waals surface area (Å²) in [7, 11) is -3.66. The van der Waals surface area contributed by atoms with Crippen molar-refractivity contribution in [1.82, 2.24) is 0 Å². The first-order valence-electron chi connectivity index (χ1n) is 9.70. The minimum Gasteiger partial charge on any atom is -0.449 e. The maximum absolute atomic E-state index is 13.4. The average molecular weight is 401 g/mol. The van der Waals surface area contributed by atoms with E-state index >= 15 is 0 Å². The molecule has 0 radical (unpaired) electrons. The van der Waals surface area contributed by atoms with Crippen LogP contribution in [0.1, 0.15) is 30.9 Å². The Bertz CT molecular complexity index is 1000. The van der Waals surface area contributed by atoms with Gasteiger partial charge in [0, 0.05) is 13.1 Å². The highest BCUT2D eigenvalue weighted by atomic mass is 32.2. The maximum Gasteiger partial charge on any atom is 0.414 e. The third-order valence-electron chi connectivity index (χ3n) is 5.31. The SMILES string of the molecule is CCOC(=O)N1CCCc2cc(S(=O)(=O)N3CCCc4ccccc43)ccc21. The Morgan fingerprint density at radius 3 is 2.57 bits per heavy atom. The lowest BCUT2D eigenvalue weighted by molar-refractivity contribution is 0.159. The number of hydrogen-bond acceptors (Lipinski definition) is 4. The van der Waals surface area contributed by atoms with Gasteiger partial charge in [-0.2, -0.15) is 0 Å². The number of nitrogens with zero attached hydrogens (tertiary/aromatic N) is 2. The average Bonchev–Trinajstić information content (AvgIpc) is 2.72. The summed E-state index contributed by atoms with van der Waals surface area (Å²) in [5.41, 5.74) is 3.43. The molecule has 2 heterocycles. The molecule has 0 aromatic heterocycles. The molecule has 0 unspecified atom stereocenters. The molecule has 148 valence electrons. The van der Waals surface area contributed by atoms with E-state index in [9.17, 15) is 13.2 Å².